The molecule has 8 heteroatoms. The summed E-state index contributed by atoms with van der Waals surface area (Å²) in [5.74, 6) is -2.29. The Kier molecular flexibility index (Phi) is 9.77. The molecule has 2 aliphatic heterocycles. The van der Waals surface area contributed by atoms with Gasteiger partial charge in [0, 0.05) is 56.3 Å². The standard InChI is InChI=1S/C37H51F2N3O3/c1-24-21-40(33(35(44)45-37(5,6)7)19-25-12-13-26-10-8-9-11-27(26)18-25)16-17-42(24)34(43)31-23-41(36(2,3)4)22-30(31)29-15-14-28(38)20-32(29)39/h12-15,18,20,24,30-31,33H,8-11,16-17,19,21-23H2,1-7H3/t24-,30-,31+,33-/m0/s1. The molecule has 1 amide bonds. The number of likely N-dealkylation sites (tertiary alicyclic amines) is 1. The Bertz CT molecular complexity index is 1400. The Morgan fingerprint density at radius 1 is 0.911 bits per heavy atom. The van der Waals surface area contributed by atoms with Gasteiger partial charge in [-0.1, -0.05) is 24.3 Å². The Hall–Kier alpha value is -2.84. The Balaban J connectivity index is 1.35. The van der Waals surface area contributed by atoms with E-state index in [-0.39, 0.29) is 29.4 Å². The molecule has 0 bridgehead atoms. The number of amides is 1. The zero-order chi connectivity index (χ0) is 32.7. The molecule has 246 valence electrons. The molecule has 3 aliphatic rings. The summed E-state index contributed by atoms with van der Waals surface area (Å²) in [5.41, 5.74) is 3.51. The lowest BCUT2D eigenvalue weighted by atomic mass is 9.87. The third kappa shape index (κ3) is 7.76. The van der Waals surface area contributed by atoms with E-state index in [1.165, 1.54) is 36.1 Å². The summed E-state index contributed by atoms with van der Waals surface area (Å²) in [5, 5.41) is 0. The van der Waals surface area contributed by atoms with Crippen LogP contribution in [0, 0.1) is 17.6 Å². The highest BCUT2D eigenvalue weighted by molar-refractivity contribution is 5.81. The summed E-state index contributed by atoms with van der Waals surface area (Å²) in [6.07, 6.45) is 5.17. The van der Waals surface area contributed by atoms with E-state index >= 15 is 4.39 Å². The molecule has 2 heterocycles. The number of carbonyl (C=O) groups excluding carboxylic acids is 2. The van der Waals surface area contributed by atoms with Gasteiger partial charge in [0.05, 0.1) is 5.92 Å². The van der Waals surface area contributed by atoms with Crippen molar-refractivity contribution in [3.63, 3.8) is 0 Å². The average Bonchev–Trinajstić information content (AvgIpc) is 3.40. The number of hydrogen-bond donors (Lipinski definition) is 0. The van der Waals surface area contributed by atoms with Gasteiger partial charge in [-0.15, -0.1) is 0 Å². The van der Waals surface area contributed by atoms with Crippen molar-refractivity contribution < 1.29 is 23.1 Å². The molecule has 45 heavy (non-hydrogen) atoms. The van der Waals surface area contributed by atoms with E-state index in [1.54, 1.807) is 0 Å². The molecule has 2 aromatic carbocycles. The SMILES string of the molecule is C[C@H]1CN([C@@H](Cc2ccc3c(c2)CCCC3)C(=O)OC(C)(C)C)CCN1C(=O)[C@@H]1CN(C(C)(C)C)C[C@H]1c1ccc(F)cc1F. The van der Waals surface area contributed by atoms with Crippen molar-refractivity contribution in [1.82, 2.24) is 14.7 Å². The maximum atomic E-state index is 15.1. The quantitative estimate of drug-likeness (QED) is 0.362. The second-order valence-corrected chi connectivity index (χ2v) is 15.4. The fourth-order valence-corrected chi connectivity index (χ4v) is 7.40. The first-order valence-electron chi connectivity index (χ1n) is 16.7. The van der Waals surface area contributed by atoms with E-state index in [4.69, 9.17) is 4.74 Å². The van der Waals surface area contributed by atoms with Crippen molar-refractivity contribution in [2.24, 2.45) is 5.92 Å². The molecule has 0 unspecified atom stereocenters. The van der Waals surface area contributed by atoms with Gasteiger partial charge in [0.15, 0.2) is 0 Å². The highest BCUT2D eigenvalue weighted by Crippen LogP contribution is 2.39. The van der Waals surface area contributed by atoms with Crippen LogP contribution in [-0.4, -0.2) is 82.5 Å². The van der Waals surface area contributed by atoms with Gasteiger partial charge in [0.25, 0.3) is 0 Å². The molecule has 6 nitrogen and oxygen atoms in total. The fourth-order valence-electron chi connectivity index (χ4n) is 7.40. The number of ether oxygens (including phenoxy) is 1. The Morgan fingerprint density at radius 3 is 2.27 bits per heavy atom. The first-order chi connectivity index (χ1) is 21.1. The van der Waals surface area contributed by atoms with Crippen molar-refractivity contribution in [2.45, 2.75) is 110 Å². The van der Waals surface area contributed by atoms with E-state index in [2.05, 4.69) is 48.8 Å². The second kappa shape index (κ2) is 13.1. The number of piperazine rings is 1. The van der Waals surface area contributed by atoms with Gasteiger partial charge in [-0.3, -0.25) is 19.4 Å². The molecule has 0 N–H and O–H groups in total. The summed E-state index contributed by atoms with van der Waals surface area (Å²) in [4.78, 5) is 34.2. The third-order valence-electron chi connectivity index (χ3n) is 9.85. The van der Waals surface area contributed by atoms with Crippen LogP contribution in [0.4, 0.5) is 8.78 Å². The minimum atomic E-state index is -0.621. The van der Waals surface area contributed by atoms with Crippen molar-refractivity contribution in [2.75, 3.05) is 32.7 Å². The number of esters is 1. The second-order valence-electron chi connectivity index (χ2n) is 15.4. The number of fused-ring (bicyclic) bond motifs is 1. The maximum Gasteiger partial charge on any atom is 0.324 e. The average molecular weight is 624 g/mol. The van der Waals surface area contributed by atoms with Crippen LogP contribution in [0.1, 0.15) is 89.5 Å². The lowest BCUT2D eigenvalue weighted by Crippen LogP contribution is -2.60. The Morgan fingerprint density at radius 2 is 1.62 bits per heavy atom. The molecule has 2 fully saturated rings. The molecular formula is C37H51F2N3O3. The van der Waals surface area contributed by atoms with Crippen LogP contribution in [0.25, 0.3) is 0 Å². The van der Waals surface area contributed by atoms with E-state index < -0.39 is 29.2 Å². The smallest absolute Gasteiger partial charge is 0.324 e. The third-order valence-corrected chi connectivity index (χ3v) is 9.85. The number of halogens is 2. The molecule has 0 aromatic heterocycles. The van der Waals surface area contributed by atoms with Crippen LogP contribution in [0.3, 0.4) is 0 Å². The molecular weight excluding hydrogens is 572 g/mol. The highest BCUT2D eigenvalue weighted by Gasteiger charge is 2.46. The lowest BCUT2D eigenvalue weighted by Gasteiger charge is -2.44. The summed E-state index contributed by atoms with van der Waals surface area (Å²) < 4.78 is 34.8. The van der Waals surface area contributed by atoms with Gasteiger partial charge in [-0.05, 0) is 109 Å². The van der Waals surface area contributed by atoms with Gasteiger partial charge in [-0.25, -0.2) is 8.78 Å². The summed E-state index contributed by atoms with van der Waals surface area (Å²) in [6.45, 7) is 16.6. The molecule has 0 saturated carbocycles. The predicted octanol–water partition coefficient (Wildman–Crippen LogP) is 6.14. The van der Waals surface area contributed by atoms with Gasteiger partial charge in [-0.2, -0.15) is 0 Å². The van der Waals surface area contributed by atoms with Crippen molar-refractivity contribution in [1.29, 1.82) is 0 Å². The van der Waals surface area contributed by atoms with Crippen LogP contribution < -0.4 is 0 Å². The summed E-state index contributed by atoms with van der Waals surface area (Å²) in [6, 6.07) is 9.72. The van der Waals surface area contributed by atoms with E-state index in [9.17, 15) is 14.0 Å². The van der Waals surface area contributed by atoms with Crippen molar-refractivity contribution in [3.8, 4) is 0 Å². The predicted molar refractivity (Wildman–Crippen MR) is 173 cm³/mol. The van der Waals surface area contributed by atoms with Gasteiger partial charge in [0.2, 0.25) is 5.91 Å². The van der Waals surface area contributed by atoms with Crippen molar-refractivity contribution >= 4 is 11.9 Å². The zero-order valence-corrected chi connectivity index (χ0v) is 28.2. The monoisotopic (exact) mass is 623 g/mol. The summed E-state index contributed by atoms with van der Waals surface area (Å²) in [7, 11) is 0. The largest absolute Gasteiger partial charge is 0.459 e. The van der Waals surface area contributed by atoms with Gasteiger partial charge < -0.3 is 9.64 Å². The Labute approximate surface area is 268 Å². The van der Waals surface area contributed by atoms with Crippen LogP contribution in [0.15, 0.2) is 36.4 Å². The molecule has 5 rings (SSSR count). The van der Waals surface area contributed by atoms with E-state index in [0.717, 1.165) is 24.5 Å². The zero-order valence-electron chi connectivity index (χ0n) is 28.2. The topological polar surface area (TPSA) is 53.1 Å². The van der Waals surface area contributed by atoms with E-state index in [0.29, 0.717) is 44.7 Å². The summed E-state index contributed by atoms with van der Waals surface area (Å²) >= 11 is 0. The van der Waals surface area contributed by atoms with Gasteiger partial charge in [0.1, 0.15) is 23.3 Å². The number of hydrogen-bond acceptors (Lipinski definition) is 5. The number of aryl methyl sites for hydroxylation is 2. The van der Waals surface area contributed by atoms with Crippen LogP contribution in [0.5, 0.6) is 0 Å². The molecule has 0 spiro atoms. The minimum Gasteiger partial charge on any atom is -0.459 e. The highest BCUT2D eigenvalue weighted by atomic mass is 19.1. The first kappa shape index (κ1) is 33.5. The van der Waals surface area contributed by atoms with Crippen molar-refractivity contribution in [3.05, 3.63) is 70.3 Å². The van der Waals surface area contributed by atoms with Crippen LogP contribution in [-0.2, 0) is 33.6 Å². The fraction of sp³-hybridized carbons (Fsp3) is 0.622. The molecule has 2 saturated heterocycles. The minimum absolute atomic E-state index is 0.00821. The molecule has 2 aromatic rings. The van der Waals surface area contributed by atoms with Crippen LogP contribution in [0.2, 0.25) is 0 Å². The number of carbonyl (C=O) groups is 2. The maximum absolute atomic E-state index is 15.1. The normalized spacial score (nSPS) is 23.9. The number of rotatable bonds is 6. The van der Waals surface area contributed by atoms with Gasteiger partial charge >= 0.3 is 5.97 Å². The lowest BCUT2D eigenvalue weighted by molar-refractivity contribution is -0.163. The number of nitrogens with zero attached hydrogens (tertiary/aromatic N) is 3. The molecule has 1 aliphatic carbocycles. The molecule has 4 atom stereocenters. The van der Waals surface area contributed by atoms with E-state index in [1.807, 2.05) is 32.6 Å². The first-order valence-corrected chi connectivity index (χ1v) is 16.7. The number of benzene rings is 2. The molecule has 0 radical (unpaired) electrons. The van der Waals surface area contributed by atoms with Crippen LogP contribution >= 0.6 is 0 Å².